The zero-order valence-corrected chi connectivity index (χ0v) is 8.98. The summed E-state index contributed by atoms with van der Waals surface area (Å²) in [5.41, 5.74) is 0.845. The van der Waals surface area contributed by atoms with Crippen molar-refractivity contribution in [3.8, 4) is 0 Å². The standard InChI is InChI=1S/C10H7BrFNO/c1-5-6(11)4-7(12)10-9(5)8(14)2-3-13-10/h2-4H,1H3,(H,13,14). The van der Waals surface area contributed by atoms with E-state index in [2.05, 4.69) is 20.9 Å². The van der Waals surface area contributed by atoms with Crippen LogP contribution in [0.4, 0.5) is 4.39 Å². The van der Waals surface area contributed by atoms with Crippen molar-refractivity contribution in [1.29, 1.82) is 0 Å². The molecule has 0 radical (unpaired) electrons. The molecule has 0 unspecified atom stereocenters. The van der Waals surface area contributed by atoms with Gasteiger partial charge in [0.25, 0.3) is 0 Å². The highest BCUT2D eigenvalue weighted by molar-refractivity contribution is 9.10. The van der Waals surface area contributed by atoms with E-state index in [1.165, 1.54) is 18.3 Å². The van der Waals surface area contributed by atoms with Crippen LogP contribution in [0.25, 0.3) is 10.9 Å². The van der Waals surface area contributed by atoms with Gasteiger partial charge < -0.3 is 4.98 Å². The van der Waals surface area contributed by atoms with Gasteiger partial charge in [-0.3, -0.25) is 4.79 Å². The van der Waals surface area contributed by atoms with Gasteiger partial charge in [-0.25, -0.2) is 4.39 Å². The van der Waals surface area contributed by atoms with Crippen LogP contribution in [0.2, 0.25) is 0 Å². The van der Waals surface area contributed by atoms with Gasteiger partial charge in [0.2, 0.25) is 0 Å². The zero-order valence-electron chi connectivity index (χ0n) is 7.40. The van der Waals surface area contributed by atoms with Crippen LogP contribution in [-0.2, 0) is 0 Å². The van der Waals surface area contributed by atoms with Crippen LogP contribution in [0, 0.1) is 12.7 Å². The largest absolute Gasteiger partial charge is 0.359 e. The minimum absolute atomic E-state index is 0.170. The second kappa shape index (κ2) is 3.20. The molecule has 0 atom stereocenters. The molecule has 0 saturated carbocycles. The summed E-state index contributed by atoms with van der Waals surface area (Å²) in [4.78, 5) is 14.2. The molecule has 14 heavy (non-hydrogen) atoms. The first-order valence-electron chi connectivity index (χ1n) is 4.07. The molecule has 0 spiro atoms. The first-order chi connectivity index (χ1) is 6.61. The van der Waals surface area contributed by atoms with E-state index in [4.69, 9.17) is 0 Å². The van der Waals surface area contributed by atoms with E-state index in [-0.39, 0.29) is 10.9 Å². The Kier molecular flexibility index (Phi) is 2.15. The van der Waals surface area contributed by atoms with Crippen molar-refractivity contribution in [2.75, 3.05) is 0 Å². The molecule has 1 heterocycles. The van der Waals surface area contributed by atoms with E-state index in [1.54, 1.807) is 6.92 Å². The lowest BCUT2D eigenvalue weighted by atomic mass is 10.1. The minimum Gasteiger partial charge on any atom is -0.359 e. The Balaban J connectivity index is 3.11. The first-order valence-corrected chi connectivity index (χ1v) is 4.86. The number of H-pyrrole nitrogens is 1. The number of benzene rings is 1. The van der Waals surface area contributed by atoms with Gasteiger partial charge in [0.15, 0.2) is 5.43 Å². The molecule has 72 valence electrons. The Bertz CT molecular complexity index is 562. The number of rotatable bonds is 0. The monoisotopic (exact) mass is 255 g/mol. The Morgan fingerprint density at radius 3 is 2.93 bits per heavy atom. The van der Waals surface area contributed by atoms with Gasteiger partial charge in [-0.1, -0.05) is 15.9 Å². The summed E-state index contributed by atoms with van der Waals surface area (Å²) in [5.74, 6) is -0.421. The number of hydrogen-bond donors (Lipinski definition) is 1. The predicted molar refractivity (Wildman–Crippen MR) is 57.0 cm³/mol. The van der Waals surface area contributed by atoms with Gasteiger partial charge in [-0.2, -0.15) is 0 Å². The van der Waals surface area contributed by atoms with E-state index in [0.29, 0.717) is 9.86 Å². The molecule has 0 saturated heterocycles. The highest BCUT2D eigenvalue weighted by Gasteiger charge is 2.09. The van der Waals surface area contributed by atoms with Gasteiger partial charge in [-0.15, -0.1) is 0 Å². The molecule has 2 rings (SSSR count). The topological polar surface area (TPSA) is 32.9 Å². The maximum Gasteiger partial charge on any atom is 0.189 e. The summed E-state index contributed by atoms with van der Waals surface area (Å²) >= 11 is 3.21. The molecule has 0 aliphatic carbocycles. The Morgan fingerprint density at radius 1 is 1.50 bits per heavy atom. The van der Waals surface area contributed by atoms with E-state index < -0.39 is 5.82 Å². The van der Waals surface area contributed by atoms with Crippen molar-refractivity contribution in [1.82, 2.24) is 4.98 Å². The second-order valence-corrected chi connectivity index (χ2v) is 3.91. The third-order valence-corrected chi connectivity index (χ3v) is 3.01. The number of aromatic amines is 1. The molecule has 0 bridgehead atoms. The number of hydrogen-bond acceptors (Lipinski definition) is 1. The van der Waals surface area contributed by atoms with Crippen LogP contribution in [0.5, 0.6) is 0 Å². The smallest absolute Gasteiger partial charge is 0.189 e. The van der Waals surface area contributed by atoms with Crippen molar-refractivity contribution in [2.45, 2.75) is 6.92 Å². The fraction of sp³-hybridized carbons (Fsp3) is 0.100. The predicted octanol–water partition coefficient (Wildman–Crippen LogP) is 2.74. The van der Waals surface area contributed by atoms with Crippen LogP contribution < -0.4 is 5.43 Å². The number of pyridine rings is 1. The van der Waals surface area contributed by atoms with E-state index in [1.807, 2.05) is 0 Å². The van der Waals surface area contributed by atoms with Gasteiger partial charge in [0.1, 0.15) is 5.82 Å². The molecular formula is C10H7BrFNO. The van der Waals surface area contributed by atoms with E-state index in [9.17, 15) is 9.18 Å². The quantitative estimate of drug-likeness (QED) is 0.772. The number of aryl methyl sites for hydroxylation is 1. The molecule has 2 nitrogen and oxygen atoms in total. The molecule has 0 amide bonds. The Morgan fingerprint density at radius 2 is 2.21 bits per heavy atom. The van der Waals surface area contributed by atoms with Crippen molar-refractivity contribution < 1.29 is 4.39 Å². The summed E-state index contributed by atoms with van der Waals surface area (Å²) in [5, 5.41) is 0.402. The van der Waals surface area contributed by atoms with Crippen molar-refractivity contribution in [2.24, 2.45) is 0 Å². The third-order valence-electron chi connectivity index (χ3n) is 2.18. The molecule has 1 N–H and O–H groups in total. The minimum atomic E-state index is -0.421. The van der Waals surface area contributed by atoms with Gasteiger partial charge in [0.05, 0.1) is 10.9 Å². The maximum atomic E-state index is 13.4. The molecule has 2 aromatic rings. The summed E-state index contributed by atoms with van der Waals surface area (Å²) < 4.78 is 14.0. The normalized spacial score (nSPS) is 10.8. The molecular weight excluding hydrogens is 249 g/mol. The molecule has 0 aliphatic rings. The fourth-order valence-electron chi connectivity index (χ4n) is 1.45. The number of nitrogens with one attached hydrogen (secondary N) is 1. The molecule has 4 heteroatoms. The molecule has 0 fully saturated rings. The lowest BCUT2D eigenvalue weighted by molar-refractivity contribution is 0.635. The third kappa shape index (κ3) is 1.26. The summed E-state index contributed by atoms with van der Waals surface area (Å²) in [6, 6.07) is 2.74. The fourth-order valence-corrected chi connectivity index (χ4v) is 1.85. The lowest BCUT2D eigenvalue weighted by Crippen LogP contribution is -2.04. The average Bonchev–Trinajstić information content (AvgIpc) is 2.14. The summed E-state index contributed by atoms with van der Waals surface area (Å²) in [6.45, 7) is 1.78. The first kappa shape index (κ1) is 9.40. The Hall–Kier alpha value is -1.16. The highest BCUT2D eigenvalue weighted by Crippen LogP contribution is 2.24. The van der Waals surface area contributed by atoms with Crippen molar-refractivity contribution in [3.05, 3.63) is 44.4 Å². The summed E-state index contributed by atoms with van der Waals surface area (Å²) in [7, 11) is 0. The molecule has 0 aliphatic heterocycles. The molecule has 1 aromatic carbocycles. The van der Waals surface area contributed by atoms with Gasteiger partial charge >= 0.3 is 0 Å². The molecule has 1 aromatic heterocycles. The highest BCUT2D eigenvalue weighted by atomic mass is 79.9. The zero-order chi connectivity index (χ0) is 10.3. The van der Waals surface area contributed by atoms with E-state index >= 15 is 0 Å². The maximum absolute atomic E-state index is 13.4. The number of aromatic nitrogens is 1. The number of fused-ring (bicyclic) bond motifs is 1. The van der Waals surface area contributed by atoms with Crippen molar-refractivity contribution >= 4 is 26.8 Å². The van der Waals surface area contributed by atoms with E-state index in [0.717, 1.165) is 5.56 Å². The summed E-state index contributed by atoms with van der Waals surface area (Å²) in [6.07, 6.45) is 1.45. The van der Waals surface area contributed by atoms with Gasteiger partial charge in [-0.05, 0) is 18.6 Å². The number of halogens is 2. The van der Waals surface area contributed by atoms with Crippen LogP contribution >= 0.6 is 15.9 Å². The van der Waals surface area contributed by atoms with Gasteiger partial charge in [0, 0.05) is 16.7 Å². The van der Waals surface area contributed by atoms with Crippen LogP contribution in [-0.4, -0.2) is 4.98 Å². The Labute approximate surface area is 87.9 Å². The second-order valence-electron chi connectivity index (χ2n) is 3.06. The lowest BCUT2D eigenvalue weighted by Gasteiger charge is -2.04. The van der Waals surface area contributed by atoms with Crippen LogP contribution in [0.1, 0.15) is 5.56 Å². The van der Waals surface area contributed by atoms with Crippen molar-refractivity contribution in [3.63, 3.8) is 0 Å². The average molecular weight is 256 g/mol. The van der Waals surface area contributed by atoms with Crippen LogP contribution in [0.3, 0.4) is 0 Å². The SMILES string of the molecule is Cc1c(Br)cc(F)c2[nH]ccc(=O)c12. The van der Waals surface area contributed by atoms with Crippen LogP contribution in [0.15, 0.2) is 27.6 Å².